The SMILES string of the molecule is CC1CCCC(C)N1C(=O)N=C(N)C1(c2ccc(-c3cnc(N)nc3)cc2)CCC1. The van der Waals surface area contributed by atoms with Crippen molar-refractivity contribution in [1.29, 1.82) is 0 Å². The molecule has 2 fully saturated rings. The van der Waals surface area contributed by atoms with Crippen LogP contribution >= 0.6 is 0 Å². The monoisotopic (exact) mass is 406 g/mol. The van der Waals surface area contributed by atoms with Crippen LogP contribution in [0.5, 0.6) is 0 Å². The molecule has 0 radical (unpaired) electrons. The number of piperidine rings is 1. The molecule has 2 atom stereocenters. The first-order valence-electron chi connectivity index (χ1n) is 10.8. The Balaban J connectivity index is 1.58. The van der Waals surface area contributed by atoms with Crippen molar-refractivity contribution in [3.8, 4) is 11.1 Å². The topological polar surface area (TPSA) is 110 Å². The summed E-state index contributed by atoms with van der Waals surface area (Å²) in [6.07, 6.45) is 9.52. The molecule has 0 spiro atoms. The van der Waals surface area contributed by atoms with Crippen molar-refractivity contribution in [2.24, 2.45) is 10.7 Å². The lowest BCUT2D eigenvalue weighted by molar-refractivity contribution is 0.130. The quantitative estimate of drug-likeness (QED) is 0.593. The van der Waals surface area contributed by atoms with Crippen molar-refractivity contribution in [3.05, 3.63) is 42.2 Å². The number of rotatable bonds is 3. The summed E-state index contributed by atoms with van der Waals surface area (Å²) in [5.41, 5.74) is 14.7. The highest BCUT2D eigenvalue weighted by Crippen LogP contribution is 2.44. The molecule has 0 bridgehead atoms. The summed E-state index contributed by atoms with van der Waals surface area (Å²) in [6, 6.07) is 8.43. The number of urea groups is 1. The Bertz CT molecular complexity index is 923. The summed E-state index contributed by atoms with van der Waals surface area (Å²) in [5.74, 6) is 0.696. The van der Waals surface area contributed by atoms with Crippen LogP contribution < -0.4 is 11.5 Å². The molecular formula is C23H30N6O. The Morgan fingerprint density at radius 3 is 2.17 bits per heavy atom. The molecule has 1 saturated heterocycles. The average molecular weight is 407 g/mol. The van der Waals surface area contributed by atoms with Crippen molar-refractivity contribution in [2.45, 2.75) is 69.9 Å². The molecule has 7 nitrogen and oxygen atoms in total. The Morgan fingerprint density at radius 1 is 1.03 bits per heavy atom. The van der Waals surface area contributed by atoms with Gasteiger partial charge < -0.3 is 16.4 Å². The van der Waals surface area contributed by atoms with Gasteiger partial charge in [0.1, 0.15) is 5.84 Å². The lowest BCUT2D eigenvalue weighted by Crippen LogP contribution is -2.50. The van der Waals surface area contributed by atoms with E-state index in [1.807, 2.05) is 17.0 Å². The molecule has 1 aromatic carbocycles. The second-order valence-electron chi connectivity index (χ2n) is 8.66. The largest absolute Gasteiger partial charge is 0.386 e. The summed E-state index contributed by atoms with van der Waals surface area (Å²) in [4.78, 5) is 27.4. The number of anilines is 1. The normalized spacial score (nSPS) is 23.7. The highest BCUT2D eigenvalue weighted by molar-refractivity contribution is 6.00. The van der Waals surface area contributed by atoms with E-state index in [9.17, 15) is 4.79 Å². The van der Waals surface area contributed by atoms with Crippen LogP contribution in [0.2, 0.25) is 0 Å². The number of amidine groups is 1. The van der Waals surface area contributed by atoms with Gasteiger partial charge in [0.05, 0.1) is 5.41 Å². The number of aliphatic imine (C=N–C) groups is 1. The van der Waals surface area contributed by atoms with Crippen LogP contribution in [0.4, 0.5) is 10.7 Å². The first-order valence-corrected chi connectivity index (χ1v) is 10.8. The van der Waals surface area contributed by atoms with E-state index in [-0.39, 0.29) is 29.5 Å². The number of amides is 2. The summed E-state index contributed by atoms with van der Waals surface area (Å²) in [5, 5.41) is 0. The Kier molecular flexibility index (Phi) is 5.45. The molecule has 158 valence electrons. The zero-order valence-corrected chi connectivity index (χ0v) is 17.7. The summed E-state index contributed by atoms with van der Waals surface area (Å²) >= 11 is 0. The average Bonchev–Trinajstić information content (AvgIpc) is 2.68. The van der Waals surface area contributed by atoms with Crippen LogP contribution in [0.3, 0.4) is 0 Å². The molecule has 1 aromatic heterocycles. The molecule has 2 heterocycles. The fourth-order valence-corrected chi connectivity index (χ4v) is 4.76. The lowest BCUT2D eigenvalue weighted by atomic mass is 9.63. The molecule has 2 aromatic rings. The van der Waals surface area contributed by atoms with Gasteiger partial charge in [-0.05, 0) is 57.1 Å². The fraction of sp³-hybridized carbons (Fsp3) is 0.478. The number of nitrogens with zero attached hydrogens (tertiary/aromatic N) is 4. The number of hydrogen-bond donors (Lipinski definition) is 2. The molecule has 1 aliphatic heterocycles. The maximum Gasteiger partial charge on any atom is 0.345 e. The summed E-state index contributed by atoms with van der Waals surface area (Å²) in [6.45, 7) is 4.19. The maximum absolute atomic E-state index is 12.9. The van der Waals surface area contributed by atoms with Crippen molar-refractivity contribution in [2.75, 3.05) is 5.73 Å². The van der Waals surface area contributed by atoms with Gasteiger partial charge in [0.25, 0.3) is 0 Å². The standard InChI is InChI=1S/C23H30N6O/c1-15-5-3-6-16(2)29(15)22(30)28-20(24)23(11-4-12-23)19-9-7-17(8-10-19)18-13-26-21(25)27-14-18/h7-10,13-16H,3-6,11-12H2,1-2H3,(H2,24,28,30)(H2,25,26,27). The van der Waals surface area contributed by atoms with E-state index in [2.05, 4.69) is 40.9 Å². The van der Waals surface area contributed by atoms with Crippen molar-refractivity contribution < 1.29 is 4.79 Å². The third-order valence-corrected chi connectivity index (χ3v) is 6.77. The third kappa shape index (κ3) is 3.64. The summed E-state index contributed by atoms with van der Waals surface area (Å²) in [7, 11) is 0. The molecule has 4 N–H and O–H groups in total. The van der Waals surface area contributed by atoms with E-state index in [1.165, 1.54) is 0 Å². The van der Waals surface area contributed by atoms with Gasteiger partial charge in [-0.1, -0.05) is 30.7 Å². The number of benzene rings is 1. The predicted molar refractivity (Wildman–Crippen MR) is 119 cm³/mol. The highest BCUT2D eigenvalue weighted by atomic mass is 16.2. The van der Waals surface area contributed by atoms with E-state index < -0.39 is 0 Å². The minimum absolute atomic E-state index is 0.200. The summed E-state index contributed by atoms with van der Waals surface area (Å²) < 4.78 is 0. The van der Waals surface area contributed by atoms with Gasteiger partial charge in [-0.25, -0.2) is 14.8 Å². The number of aromatic nitrogens is 2. The molecule has 4 rings (SSSR count). The van der Waals surface area contributed by atoms with Gasteiger partial charge in [-0.3, -0.25) is 0 Å². The Morgan fingerprint density at radius 2 is 1.63 bits per heavy atom. The number of nitrogens with two attached hydrogens (primary N) is 2. The van der Waals surface area contributed by atoms with Crippen LogP contribution in [-0.4, -0.2) is 38.8 Å². The molecule has 7 heteroatoms. The number of carbonyl (C=O) groups excluding carboxylic acids is 1. The number of nitrogen functional groups attached to an aromatic ring is 1. The molecule has 2 unspecified atom stereocenters. The van der Waals surface area contributed by atoms with E-state index in [4.69, 9.17) is 11.5 Å². The Hall–Kier alpha value is -2.96. The second kappa shape index (κ2) is 8.05. The maximum atomic E-state index is 12.9. The van der Waals surface area contributed by atoms with E-state index in [1.54, 1.807) is 12.4 Å². The third-order valence-electron chi connectivity index (χ3n) is 6.77. The zero-order valence-electron chi connectivity index (χ0n) is 17.7. The van der Waals surface area contributed by atoms with E-state index in [0.29, 0.717) is 5.84 Å². The first kappa shape index (κ1) is 20.3. The van der Waals surface area contributed by atoms with Gasteiger partial charge in [0.15, 0.2) is 0 Å². The molecule has 2 aliphatic rings. The fourth-order valence-electron chi connectivity index (χ4n) is 4.76. The molecular weight excluding hydrogens is 376 g/mol. The van der Waals surface area contributed by atoms with Crippen molar-refractivity contribution in [1.82, 2.24) is 14.9 Å². The predicted octanol–water partition coefficient (Wildman–Crippen LogP) is 3.89. The molecule has 1 aliphatic carbocycles. The van der Waals surface area contributed by atoms with Crippen LogP contribution in [-0.2, 0) is 5.41 Å². The number of carbonyl (C=O) groups is 1. The number of hydrogen-bond acceptors (Lipinski definition) is 4. The Labute approximate surface area is 177 Å². The van der Waals surface area contributed by atoms with Crippen LogP contribution in [0.25, 0.3) is 11.1 Å². The highest BCUT2D eigenvalue weighted by Gasteiger charge is 2.43. The minimum atomic E-state index is -0.353. The lowest BCUT2D eigenvalue weighted by Gasteiger charge is -2.42. The minimum Gasteiger partial charge on any atom is -0.386 e. The number of likely N-dealkylation sites (tertiary alicyclic amines) is 1. The smallest absolute Gasteiger partial charge is 0.345 e. The van der Waals surface area contributed by atoms with E-state index in [0.717, 1.165) is 55.2 Å². The first-order chi connectivity index (χ1) is 14.4. The van der Waals surface area contributed by atoms with Gasteiger partial charge in [-0.15, -0.1) is 0 Å². The second-order valence-corrected chi connectivity index (χ2v) is 8.66. The van der Waals surface area contributed by atoms with Crippen molar-refractivity contribution in [3.63, 3.8) is 0 Å². The molecule has 1 saturated carbocycles. The van der Waals surface area contributed by atoms with Crippen LogP contribution in [0.15, 0.2) is 41.7 Å². The van der Waals surface area contributed by atoms with Gasteiger partial charge in [-0.2, -0.15) is 4.99 Å². The van der Waals surface area contributed by atoms with Crippen LogP contribution in [0.1, 0.15) is 57.9 Å². The zero-order chi connectivity index (χ0) is 21.3. The van der Waals surface area contributed by atoms with Gasteiger partial charge >= 0.3 is 6.03 Å². The van der Waals surface area contributed by atoms with E-state index >= 15 is 0 Å². The van der Waals surface area contributed by atoms with Gasteiger partial charge in [0.2, 0.25) is 5.95 Å². The molecule has 30 heavy (non-hydrogen) atoms. The van der Waals surface area contributed by atoms with Crippen molar-refractivity contribution >= 4 is 17.8 Å². The van der Waals surface area contributed by atoms with Crippen LogP contribution in [0, 0.1) is 0 Å². The van der Waals surface area contributed by atoms with Gasteiger partial charge in [0, 0.05) is 30.0 Å². The molecule has 2 amide bonds.